The molecule has 4 rings (SSSR count). The number of carbonyl (C=O) groups is 2. The average molecular weight is 440 g/mol. The summed E-state index contributed by atoms with van der Waals surface area (Å²) in [6.45, 7) is 4.08. The molecule has 32 heavy (non-hydrogen) atoms. The number of Topliss-reactive ketones (excluding diaryl/α,β-unsaturated/α-hetero) is 1. The molecule has 0 spiro atoms. The summed E-state index contributed by atoms with van der Waals surface area (Å²) in [5.74, 6) is -2.24. The van der Waals surface area contributed by atoms with E-state index in [4.69, 9.17) is 4.74 Å². The molecule has 2 aromatic carbocycles. The molecule has 2 heterocycles. The molecule has 0 aliphatic carbocycles. The second-order valence-corrected chi connectivity index (χ2v) is 7.90. The molecule has 1 atom stereocenters. The van der Waals surface area contributed by atoms with Gasteiger partial charge in [0.25, 0.3) is 11.7 Å². The number of aliphatic hydroxyl groups is 1. The number of ether oxygens (including phenoxy) is 1. The lowest BCUT2D eigenvalue weighted by atomic mass is 9.95. The molecule has 7 nitrogen and oxygen atoms in total. The minimum absolute atomic E-state index is 0.0429. The van der Waals surface area contributed by atoms with Crippen molar-refractivity contribution in [1.82, 2.24) is 9.80 Å². The Balaban J connectivity index is 1.66. The number of hydrogen-bond donors (Lipinski definition) is 2. The maximum absolute atomic E-state index is 13.3. The van der Waals surface area contributed by atoms with Crippen LogP contribution in [0.4, 0.5) is 4.39 Å². The summed E-state index contributed by atoms with van der Waals surface area (Å²) in [5, 5.41) is 20.6. The third-order valence-electron chi connectivity index (χ3n) is 5.84. The fourth-order valence-corrected chi connectivity index (χ4v) is 4.17. The number of phenols is 1. The first kappa shape index (κ1) is 22.0. The minimum atomic E-state index is -0.801. The minimum Gasteiger partial charge on any atom is -0.508 e. The number of hydrogen-bond acceptors (Lipinski definition) is 6. The molecule has 0 bridgehead atoms. The van der Waals surface area contributed by atoms with E-state index in [1.54, 1.807) is 12.1 Å². The molecule has 8 heteroatoms. The van der Waals surface area contributed by atoms with Crippen molar-refractivity contribution in [2.45, 2.75) is 12.5 Å². The summed E-state index contributed by atoms with van der Waals surface area (Å²) in [5.41, 5.74) is 0.803. The number of phenolic OH excluding ortho intramolecular Hbond substituents is 1. The van der Waals surface area contributed by atoms with E-state index in [0.717, 1.165) is 19.6 Å². The molecule has 2 fully saturated rings. The summed E-state index contributed by atoms with van der Waals surface area (Å²) >= 11 is 0. The number of ketones is 1. The first-order valence-corrected chi connectivity index (χ1v) is 10.6. The van der Waals surface area contributed by atoms with Crippen molar-refractivity contribution >= 4 is 17.4 Å². The molecule has 0 unspecified atom stereocenters. The molecule has 2 saturated heterocycles. The highest BCUT2D eigenvalue weighted by Gasteiger charge is 2.45. The van der Waals surface area contributed by atoms with E-state index in [-0.39, 0.29) is 22.6 Å². The highest BCUT2D eigenvalue weighted by atomic mass is 19.1. The van der Waals surface area contributed by atoms with E-state index in [1.807, 2.05) is 0 Å². The zero-order valence-corrected chi connectivity index (χ0v) is 17.5. The Morgan fingerprint density at radius 3 is 2.31 bits per heavy atom. The van der Waals surface area contributed by atoms with Gasteiger partial charge in [-0.15, -0.1) is 0 Å². The van der Waals surface area contributed by atoms with Gasteiger partial charge in [0, 0.05) is 31.7 Å². The lowest BCUT2D eigenvalue weighted by Gasteiger charge is -2.29. The Morgan fingerprint density at radius 1 is 1.00 bits per heavy atom. The van der Waals surface area contributed by atoms with Crippen LogP contribution in [0.25, 0.3) is 5.76 Å². The highest BCUT2D eigenvalue weighted by molar-refractivity contribution is 6.46. The van der Waals surface area contributed by atoms with E-state index in [2.05, 4.69) is 4.90 Å². The Kier molecular flexibility index (Phi) is 6.53. The lowest BCUT2D eigenvalue weighted by Crippen LogP contribution is -2.38. The van der Waals surface area contributed by atoms with E-state index in [9.17, 15) is 24.2 Å². The van der Waals surface area contributed by atoms with Crippen molar-refractivity contribution in [3.63, 3.8) is 0 Å². The molecule has 2 N–H and O–H groups in total. The average Bonchev–Trinajstić information content (AvgIpc) is 3.05. The van der Waals surface area contributed by atoms with E-state index in [0.29, 0.717) is 31.7 Å². The van der Waals surface area contributed by atoms with Gasteiger partial charge in [-0.05, 0) is 48.4 Å². The number of morpholine rings is 1. The molecular weight excluding hydrogens is 415 g/mol. The Morgan fingerprint density at radius 2 is 1.66 bits per heavy atom. The number of amides is 1. The predicted molar refractivity (Wildman–Crippen MR) is 115 cm³/mol. The summed E-state index contributed by atoms with van der Waals surface area (Å²) in [4.78, 5) is 29.6. The molecule has 1 amide bonds. The van der Waals surface area contributed by atoms with Crippen molar-refractivity contribution in [2.75, 3.05) is 39.4 Å². The molecule has 0 aromatic heterocycles. The molecule has 168 valence electrons. The van der Waals surface area contributed by atoms with Crippen LogP contribution >= 0.6 is 0 Å². The SMILES string of the molecule is O=C1C(=O)N(CCCN2CCOCC2)[C@H](c2ccc(O)cc2)/C1=C(\O)c1ccc(F)cc1. The van der Waals surface area contributed by atoms with Gasteiger partial charge in [0.05, 0.1) is 24.8 Å². The number of likely N-dealkylation sites (tertiary alicyclic amines) is 1. The van der Waals surface area contributed by atoms with Gasteiger partial charge in [0.2, 0.25) is 0 Å². The van der Waals surface area contributed by atoms with Crippen LogP contribution in [0.5, 0.6) is 5.75 Å². The van der Waals surface area contributed by atoms with Crippen molar-refractivity contribution in [3.05, 3.63) is 71.0 Å². The molecule has 2 aromatic rings. The van der Waals surface area contributed by atoms with Crippen LogP contribution in [0, 0.1) is 5.82 Å². The molecule has 0 radical (unpaired) electrons. The topological polar surface area (TPSA) is 90.3 Å². The number of benzene rings is 2. The predicted octanol–water partition coefficient (Wildman–Crippen LogP) is 2.68. The summed E-state index contributed by atoms with van der Waals surface area (Å²) in [6.07, 6.45) is 0.651. The summed E-state index contributed by atoms with van der Waals surface area (Å²) in [6, 6.07) is 10.5. The van der Waals surface area contributed by atoms with Gasteiger partial charge in [-0.1, -0.05) is 12.1 Å². The lowest BCUT2D eigenvalue weighted by molar-refractivity contribution is -0.140. The molecular formula is C24H25FN2O5. The smallest absolute Gasteiger partial charge is 0.295 e. The second-order valence-electron chi connectivity index (χ2n) is 7.90. The zero-order chi connectivity index (χ0) is 22.7. The van der Waals surface area contributed by atoms with Gasteiger partial charge in [-0.2, -0.15) is 0 Å². The van der Waals surface area contributed by atoms with E-state index >= 15 is 0 Å². The van der Waals surface area contributed by atoms with Gasteiger partial charge < -0.3 is 19.8 Å². The second kappa shape index (κ2) is 9.50. The largest absolute Gasteiger partial charge is 0.508 e. The van der Waals surface area contributed by atoms with Crippen LogP contribution in [0.1, 0.15) is 23.6 Å². The highest BCUT2D eigenvalue weighted by Crippen LogP contribution is 2.39. The Hall–Kier alpha value is -3.23. The maximum atomic E-state index is 13.3. The zero-order valence-electron chi connectivity index (χ0n) is 17.5. The number of aromatic hydroxyl groups is 1. The first-order chi connectivity index (χ1) is 15.5. The number of aliphatic hydroxyl groups excluding tert-OH is 1. The van der Waals surface area contributed by atoms with Crippen LogP contribution in [-0.4, -0.2) is 71.1 Å². The van der Waals surface area contributed by atoms with Gasteiger partial charge in [-0.3, -0.25) is 14.5 Å². The van der Waals surface area contributed by atoms with Gasteiger partial charge >= 0.3 is 0 Å². The van der Waals surface area contributed by atoms with Crippen LogP contribution in [0.3, 0.4) is 0 Å². The third kappa shape index (κ3) is 4.51. The monoisotopic (exact) mass is 440 g/mol. The molecule has 2 aliphatic rings. The van der Waals surface area contributed by atoms with Gasteiger partial charge in [0.1, 0.15) is 17.3 Å². The van der Waals surface area contributed by atoms with Crippen molar-refractivity contribution in [3.8, 4) is 5.75 Å². The fraction of sp³-hybridized carbons (Fsp3) is 0.333. The summed E-state index contributed by atoms with van der Waals surface area (Å²) in [7, 11) is 0. The van der Waals surface area contributed by atoms with E-state index in [1.165, 1.54) is 41.3 Å². The Bertz CT molecular complexity index is 1010. The quantitative estimate of drug-likeness (QED) is 0.408. The number of nitrogens with zero attached hydrogens (tertiary/aromatic N) is 2. The number of carbonyl (C=O) groups excluding carboxylic acids is 2. The third-order valence-corrected chi connectivity index (χ3v) is 5.84. The normalized spacial score (nSPS) is 21.3. The summed E-state index contributed by atoms with van der Waals surface area (Å²) < 4.78 is 18.7. The van der Waals surface area contributed by atoms with Gasteiger partial charge in [0.15, 0.2) is 0 Å². The number of rotatable bonds is 6. The van der Waals surface area contributed by atoms with Crippen LogP contribution in [0.2, 0.25) is 0 Å². The molecule has 0 saturated carbocycles. The van der Waals surface area contributed by atoms with Crippen LogP contribution in [-0.2, 0) is 14.3 Å². The number of halogens is 1. The van der Waals surface area contributed by atoms with Crippen molar-refractivity contribution in [2.24, 2.45) is 0 Å². The van der Waals surface area contributed by atoms with Crippen molar-refractivity contribution < 1.29 is 28.9 Å². The molecule has 2 aliphatic heterocycles. The fourth-order valence-electron chi connectivity index (χ4n) is 4.17. The van der Waals surface area contributed by atoms with Crippen LogP contribution < -0.4 is 0 Å². The van der Waals surface area contributed by atoms with Crippen LogP contribution in [0.15, 0.2) is 54.1 Å². The first-order valence-electron chi connectivity index (χ1n) is 10.6. The van der Waals surface area contributed by atoms with E-state index < -0.39 is 23.5 Å². The van der Waals surface area contributed by atoms with Gasteiger partial charge in [-0.25, -0.2) is 4.39 Å². The Labute approximate surface area is 185 Å². The standard InChI is InChI=1S/C24H25FN2O5/c25-18-6-2-17(3-7-18)22(29)20-21(16-4-8-19(28)9-5-16)27(24(31)23(20)30)11-1-10-26-12-14-32-15-13-26/h2-9,21,28-29H,1,10-15H2/b22-20+/t21-/m1/s1. The van der Waals surface area contributed by atoms with Crippen molar-refractivity contribution in [1.29, 1.82) is 0 Å². The maximum Gasteiger partial charge on any atom is 0.295 e.